The Hall–Kier alpha value is -3.90. The molecule has 0 spiro atoms. The van der Waals surface area contributed by atoms with Gasteiger partial charge in [-0.25, -0.2) is 0 Å². The van der Waals surface area contributed by atoms with Crippen molar-refractivity contribution in [3.8, 4) is 0 Å². The lowest BCUT2D eigenvalue weighted by atomic mass is 9.97. The fourth-order valence-electron chi connectivity index (χ4n) is 3.55. The van der Waals surface area contributed by atoms with Crippen molar-refractivity contribution in [2.45, 2.75) is 61.3 Å². The smallest absolute Gasteiger partial charge is 0.00724 e. The zero-order valence-electron chi connectivity index (χ0n) is 25.8. The molecule has 0 heterocycles. The fraction of sp³-hybridized carbons (Fsp3) is 0.231. The van der Waals surface area contributed by atoms with E-state index in [2.05, 4.69) is 101 Å². The maximum absolute atomic E-state index is 4.07. The average Bonchev–Trinajstić information content (AvgIpc) is 3.45. The van der Waals surface area contributed by atoms with Crippen molar-refractivity contribution in [2.75, 3.05) is 0 Å². The number of benzene rings is 3. The molecule has 4 rings (SSSR count). The highest BCUT2D eigenvalue weighted by Crippen LogP contribution is 2.22. The van der Waals surface area contributed by atoms with Gasteiger partial charge in [0.15, 0.2) is 0 Å². The predicted molar refractivity (Wildman–Crippen MR) is 184 cm³/mol. The van der Waals surface area contributed by atoms with E-state index in [0.29, 0.717) is 0 Å². The Bertz CT molecular complexity index is 1160. The van der Waals surface area contributed by atoms with E-state index < -0.39 is 0 Å². The Morgan fingerprint density at radius 1 is 0.795 bits per heavy atom. The molecule has 1 aliphatic carbocycles. The molecule has 0 amide bonds. The van der Waals surface area contributed by atoms with Gasteiger partial charge in [-0.15, -0.1) is 13.2 Å². The quantitative estimate of drug-likeness (QED) is 0.293. The highest BCUT2D eigenvalue weighted by molar-refractivity contribution is 5.67. The maximum atomic E-state index is 4.07. The fourth-order valence-corrected chi connectivity index (χ4v) is 3.55. The van der Waals surface area contributed by atoms with Gasteiger partial charge in [0.1, 0.15) is 0 Å². The van der Waals surface area contributed by atoms with Crippen LogP contribution in [0.25, 0.3) is 23.3 Å². The molecule has 0 N–H and O–H groups in total. The summed E-state index contributed by atoms with van der Waals surface area (Å²) in [5.74, 6) is 0. The minimum absolute atomic E-state index is 0.894. The van der Waals surface area contributed by atoms with Crippen LogP contribution in [-0.4, -0.2) is 0 Å². The lowest BCUT2D eigenvalue weighted by molar-refractivity contribution is 1.23. The van der Waals surface area contributed by atoms with Crippen LogP contribution >= 0.6 is 0 Å². The first kappa shape index (κ1) is 37.3. The van der Waals surface area contributed by atoms with Gasteiger partial charge in [-0.2, -0.15) is 0 Å². The number of hydrogen-bond donors (Lipinski definition) is 0. The molecule has 0 radical (unpaired) electrons. The van der Waals surface area contributed by atoms with Gasteiger partial charge in [-0.1, -0.05) is 150 Å². The molecule has 0 nitrogen and oxygen atoms in total. The Morgan fingerprint density at radius 3 is 1.85 bits per heavy atom. The number of rotatable bonds is 5. The molecule has 0 aliphatic heterocycles. The third kappa shape index (κ3) is 15.2. The van der Waals surface area contributed by atoms with Crippen LogP contribution in [0.1, 0.15) is 81.3 Å². The summed E-state index contributed by atoms with van der Waals surface area (Å²) in [6, 6.07) is 24.9. The molecule has 0 bridgehead atoms. The van der Waals surface area contributed by atoms with E-state index in [-0.39, 0.29) is 0 Å². The van der Waals surface area contributed by atoms with Crippen LogP contribution in [0.2, 0.25) is 0 Å². The van der Waals surface area contributed by atoms with Gasteiger partial charge in [-0.3, -0.25) is 0 Å². The Kier molecular flexibility index (Phi) is 22.2. The van der Waals surface area contributed by atoms with Crippen LogP contribution in [-0.2, 0) is 6.42 Å². The van der Waals surface area contributed by atoms with Gasteiger partial charge in [0.05, 0.1) is 0 Å². The standard InChI is InChI=1S/C13H16.C11H10.C9H10.2C2H6.C2H4/c1-10(2)9-12(4)13-8-6-5-7-11(13)3;1-2-9-6-7-10-4-3-5-11(10)8-9;1-8(2)9-6-4-3-5-7-9;3*1-2/h5-8H,1,4,9H2,2-3H3;2-3,5-8H,1,4H2;3-7H,1H2,2H3;2*1-2H3;1-2H2. The van der Waals surface area contributed by atoms with E-state index in [1.54, 1.807) is 0 Å². The largest absolute Gasteiger partial charge is 0.106 e. The van der Waals surface area contributed by atoms with E-state index in [4.69, 9.17) is 0 Å². The molecular weight excluding hydrogens is 468 g/mol. The first-order valence-corrected chi connectivity index (χ1v) is 13.8. The van der Waals surface area contributed by atoms with Gasteiger partial charge in [0, 0.05) is 0 Å². The van der Waals surface area contributed by atoms with E-state index in [1.807, 2.05) is 78.0 Å². The molecular formula is C39H52. The second-order valence-electron chi connectivity index (χ2n) is 8.47. The van der Waals surface area contributed by atoms with Crippen LogP contribution in [0.3, 0.4) is 0 Å². The first-order valence-electron chi connectivity index (χ1n) is 13.8. The van der Waals surface area contributed by atoms with E-state index in [9.17, 15) is 0 Å². The lowest BCUT2D eigenvalue weighted by Gasteiger charge is -2.08. The molecule has 0 fully saturated rings. The van der Waals surface area contributed by atoms with Crippen molar-refractivity contribution >= 4 is 23.3 Å². The summed E-state index contributed by atoms with van der Waals surface area (Å²) in [5.41, 5.74) is 11.2. The molecule has 0 saturated heterocycles. The van der Waals surface area contributed by atoms with Gasteiger partial charge >= 0.3 is 0 Å². The zero-order chi connectivity index (χ0) is 30.2. The van der Waals surface area contributed by atoms with Crippen molar-refractivity contribution in [2.24, 2.45) is 0 Å². The Labute approximate surface area is 241 Å². The summed E-state index contributed by atoms with van der Waals surface area (Å²) in [6.45, 7) is 35.7. The van der Waals surface area contributed by atoms with Crippen LogP contribution in [0.4, 0.5) is 0 Å². The maximum Gasteiger partial charge on any atom is -0.00724 e. The first-order chi connectivity index (χ1) is 18.8. The minimum Gasteiger partial charge on any atom is -0.106 e. The van der Waals surface area contributed by atoms with Crippen LogP contribution in [0.15, 0.2) is 124 Å². The zero-order valence-corrected chi connectivity index (χ0v) is 25.8. The Morgan fingerprint density at radius 2 is 1.36 bits per heavy atom. The SMILES string of the molecule is C=C.C=C(C)CC(=C)c1ccccc1C.C=C(C)c1ccccc1.C=Cc1ccc2c(c1)C=CC2.CC.CC. The summed E-state index contributed by atoms with van der Waals surface area (Å²) in [5, 5.41) is 0. The molecule has 0 heteroatoms. The van der Waals surface area contributed by atoms with Gasteiger partial charge in [0.2, 0.25) is 0 Å². The summed E-state index contributed by atoms with van der Waals surface area (Å²) < 4.78 is 0. The molecule has 0 unspecified atom stereocenters. The monoisotopic (exact) mass is 520 g/mol. The number of fused-ring (bicyclic) bond motifs is 1. The van der Waals surface area contributed by atoms with Crippen LogP contribution in [0.5, 0.6) is 0 Å². The molecule has 3 aromatic carbocycles. The number of allylic oxidation sites excluding steroid dienone is 4. The van der Waals surface area contributed by atoms with Gasteiger partial charge in [0.25, 0.3) is 0 Å². The molecule has 208 valence electrons. The summed E-state index contributed by atoms with van der Waals surface area (Å²) in [4.78, 5) is 0. The second kappa shape index (κ2) is 23.2. The van der Waals surface area contributed by atoms with Crippen LogP contribution < -0.4 is 0 Å². The third-order valence-corrected chi connectivity index (χ3v) is 5.35. The van der Waals surface area contributed by atoms with E-state index >= 15 is 0 Å². The summed E-state index contributed by atoms with van der Waals surface area (Å²) >= 11 is 0. The molecule has 0 aromatic heterocycles. The minimum atomic E-state index is 0.894. The second-order valence-corrected chi connectivity index (χ2v) is 8.47. The van der Waals surface area contributed by atoms with Crippen molar-refractivity contribution in [3.05, 3.63) is 157 Å². The highest BCUT2D eigenvalue weighted by atomic mass is 14.1. The topological polar surface area (TPSA) is 0 Å². The average molecular weight is 521 g/mol. The summed E-state index contributed by atoms with van der Waals surface area (Å²) in [7, 11) is 0. The number of aryl methyl sites for hydroxylation is 1. The van der Waals surface area contributed by atoms with E-state index in [0.717, 1.165) is 29.6 Å². The number of hydrogen-bond acceptors (Lipinski definition) is 0. The summed E-state index contributed by atoms with van der Waals surface area (Å²) in [6.07, 6.45) is 8.23. The van der Waals surface area contributed by atoms with Crippen molar-refractivity contribution < 1.29 is 0 Å². The van der Waals surface area contributed by atoms with E-state index in [1.165, 1.54) is 33.4 Å². The third-order valence-electron chi connectivity index (χ3n) is 5.35. The van der Waals surface area contributed by atoms with Crippen LogP contribution in [0, 0.1) is 6.92 Å². The van der Waals surface area contributed by atoms with Gasteiger partial charge < -0.3 is 0 Å². The van der Waals surface area contributed by atoms with Crippen molar-refractivity contribution in [1.82, 2.24) is 0 Å². The molecule has 0 saturated carbocycles. The molecule has 1 aliphatic rings. The lowest BCUT2D eigenvalue weighted by Crippen LogP contribution is -1.87. The van der Waals surface area contributed by atoms with Gasteiger partial charge in [-0.05, 0) is 78.6 Å². The Balaban J connectivity index is 0. The molecule has 39 heavy (non-hydrogen) atoms. The van der Waals surface area contributed by atoms with Crippen molar-refractivity contribution in [3.63, 3.8) is 0 Å². The predicted octanol–water partition coefficient (Wildman–Crippen LogP) is 12.4. The normalized spacial score (nSPS) is 9.41. The highest BCUT2D eigenvalue weighted by Gasteiger charge is 2.03. The molecule has 0 atom stereocenters. The van der Waals surface area contributed by atoms with Crippen molar-refractivity contribution in [1.29, 1.82) is 0 Å². The molecule has 3 aromatic rings.